The van der Waals surface area contributed by atoms with E-state index < -0.39 is 0 Å². The lowest BCUT2D eigenvalue weighted by atomic mass is 9.91. The van der Waals surface area contributed by atoms with Gasteiger partial charge in [0.25, 0.3) is 5.91 Å². The number of carbonyl (C=O) groups excluding carboxylic acids is 1. The summed E-state index contributed by atoms with van der Waals surface area (Å²) in [6, 6.07) is 3.63. The minimum Gasteiger partial charge on any atom is -0.396 e. The van der Waals surface area contributed by atoms with E-state index in [1.807, 2.05) is 4.90 Å². The normalized spacial score (nSPS) is 15.2. The molecular formula is C13H17ClN2O2. The summed E-state index contributed by atoms with van der Waals surface area (Å²) in [7, 11) is 0. The maximum atomic E-state index is 12.3. The molecule has 0 aromatic carbocycles. The highest BCUT2D eigenvalue weighted by molar-refractivity contribution is 6.30. The summed E-state index contributed by atoms with van der Waals surface area (Å²) in [5.41, 5.74) is 0.421. The molecular weight excluding hydrogens is 252 g/mol. The standard InChI is InChI=1S/C13H17ClN2O2/c14-10-5-6-12(15-9-10)13(18)16(7-2-8-17)11-3-1-4-11/h5-6,9,11,17H,1-4,7-8H2. The number of amides is 1. The van der Waals surface area contributed by atoms with Crippen LogP contribution in [-0.2, 0) is 0 Å². The number of aliphatic hydroxyl groups is 1. The SMILES string of the molecule is O=C(c1ccc(Cl)cn1)N(CCCO)C1CCC1. The van der Waals surface area contributed by atoms with E-state index in [0.29, 0.717) is 29.7 Å². The number of carbonyl (C=O) groups is 1. The Morgan fingerprint density at radius 3 is 2.78 bits per heavy atom. The number of pyridine rings is 1. The molecule has 2 rings (SSSR count). The van der Waals surface area contributed by atoms with Gasteiger partial charge in [0, 0.05) is 25.4 Å². The van der Waals surface area contributed by atoms with Crippen LogP contribution in [0.25, 0.3) is 0 Å². The van der Waals surface area contributed by atoms with E-state index in [1.165, 1.54) is 12.6 Å². The van der Waals surface area contributed by atoms with Gasteiger partial charge >= 0.3 is 0 Å². The molecule has 0 aliphatic heterocycles. The van der Waals surface area contributed by atoms with Crippen LogP contribution in [-0.4, -0.2) is 40.1 Å². The molecule has 1 aliphatic carbocycles. The van der Waals surface area contributed by atoms with Crippen LogP contribution >= 0.6 is 11.6 Å². The molecule has 0 unspecified atom stereocenters. The summed E-state index contributed by atoms with van der Waals surface area (Å²) >= 11 is 5.76. The third kappa shape index (κ3) is 3.00. The first-order valence-electron chi connectivity index (χ1n) is 6.26. The first kappa shape index (κ1) is 13.3. The van der Waals surface area contributed by atoms with Crippen molar-refractivity contribution in [1.82, 2.24) is 9.88 Å². The molecule has 1 fully saturated rings. The fourth-order valence-electron chi connectivity index (χ4n) is 2.04. The highest BCUT2D eigenvalue weighted by atomic mass is 35.5. The van der Waals surface area contributed by atoms with E-state index in [9.17, 15) is 4.79 Å². The molecule has 5 heteroatoms. The van der Waals surface area contributed by atoms with E-state index in [1.54, 1.807) is 12.1 Å². The van der Waals surface area contributed by atoms with Crippen molar-refractivity contribution in [3.05, 3.63) is 29.0 Å². The lowest BCUT2D eigenvalue weighted by Crippen LogP contribution is -2.45. The smallest absolute Gasteiger partial charge is 0.272 e. The summed E-state index contributed by atoms with van der Waals surface area (Å²) in [4.78, 5) is 18.2. The van der Waals surface area contributed by atoms with Crippen molar-refractivity contribution in [3.63, 3.8) is 0 Å². The van der Waals surface area contributed by atoms with Gasteiger partial charge in [-0.15, -0.1) is 0 Å². The molecule has 1 saturated carbocycles. The molecule has 1 N–H and O–H groups in total. The second kappa shape index (κ2) is 6.16. The predicted octanol–water partition coefficient (Wildman–Crippen LogP) is 2.11. The fourth-order valence-corrected chi connectivity index (χ4v) is 2.15. The second-order valence-electron chi connectivity index (χ2n) is 4.52. The van der Waals surface area contributed by atoms with Crippen LogP contribution in [0.5, 0.6) is 0 Å². The maximum Gasteiger partial charge on any atom is 0.272 e. The molecule has 1 aromatic heterocycles. The number of rotatable bonds is 5. The molecule has 4 nitrogen and oxygen atoms in total. The zero-order valence-corrected chi connectivity index (χ0v) is 10.9. The second-order valence-corrected chi connectivity index (χ2v) is 4.96. The van der Waals surface area contributed by atoms with Gasteiger partial charge < -0.3 is 10.0 Å². The lowest BCUT2D eigenvalue weighted by Gasteiger charge is -2.37. The fraction of sp³-hybridized carbons (Fsp3) is 0.538. The van der Waals surface area contributed by atoms with Gasteiger partial charge in [0.15, 0.2) is 0 Å². The van der Waals surface area contributed by atoms with Crippen molar-refractivity contribution in [1.29, 1.82) is 0 Å². The Bertz CT molecular complexity index is 404. The quantitative estimate of drug-likeness (QED) is 0.890. The Hall–Kier alpha value is -1.13. The summed E-state index contributed by atoms with van der Waals surface area (Å²) in [5.74, 6) is -0.0650. The minimum absolute atomic E-state index is 0.0650. The van der Waals surface area contributed by atoms with Crippen LogP contribution in [0.2, 0.25) is 5.02 Å². The summed E-state index contributed by atoms with van der Waals surface area (Å²) < 4.78 is 0. The van der Waals surface area contributed by atoms with Crippen LogP contribution in [0.4, 0.5) is 0 Å². The number of hydrogen-bond donors (Lipinski definition) is 1. The Morgan fingerprint density at radius 1 is 1.50 bits per heavy atom. The zero-order chi connectivity index (χ0) is 13.0. The lowest BCUT2D eigenvalue weighted by molar-refractivity contribution is 0.0556. The van der Waals surface area contributed by atoms with Crippen LogP contribution in [0.15, 0.2) is 18.3 Å². The third-order valence-corrected chi connectivity index (χ3v) is 3.50. The van der Waals surface area contributed by atoms with E-state index in [4.69, 9.17) is 16.7 Å². The topological polar surface area (TPSA) is 53.4 Å². The van der Waals surface area contributed by atoms with Crippen molar-refractivity contribution in [2.45, 2.75) is 31.7 Å². The average Bonchev–Trinajstić information content (AvgIpc) is 2.32. The summed E-state index contributed by atoms with van der Waals surface area (Å²) in [5, 5.41) is 9.43. The van der Waals surface area contributed by atoms with Gasteiger partial charge in [0.2, 0.25) is 0 Å². The van der Waals surface area contributed by atoms with Gasteiger partial charge in [-0.3, -0.25) is 4.79 Å². The van der Waals surface area contributed by atoms with E-state index in [0.717, 1.165) is 12.8 Å². The maximum absolute atomic E-state index is 12.3. The molecule has 1 aromatic rings. The van der Waals surface area contributed by atoms with Gasteiger partial charge in [-0.2, -0.15) is 0 Å². The largest absolute Gasteiger partial charge is 0.396 e. The Kier molecular flexibility index (Phi) is 4.55. The Labute approximate surface area is 112 Å². The molecule has 0 bridgehead atoms. The van der Waals surface area contributed by atoms with Gasteiger partial charge in [-0.05, 0) is 37.8 Å². The Morgan fingerprint density at radius 2 is 2.28 bits per heavy atom. The molecule has 0 spiro atoms. The summed E-state index contributed by atoms with van der Waals surface area (Å²) in [6.07, 6.45) is 5.35. The molecule has 1 heterocycles. The number of halogens is 1. The third-order valence-electron chi connectivity index (χ3n) is 3.28. The van der Waals surface area contributed by atoms with Crippen molar-refractivity contribution >= 4 is 17.5 Å². The van der Waals surface area contributed by atoms with E-state index in [2.05, 4.69) is 4.98 Å². The molecule has 18 heavy (non-hydrogen) atoms. The van der Waals surface area contributed by atoms with Crippen LogP contribution < -0.4 is 0 Å². The first-order valence-corrected chi connectivity index (χ1v) is 6.63. The van der Waals surface area contributed by atoms with Gasteiger partial charge in [-0.25, -0.2) is 4.98 Å². The molecule has 98 valence electrons. The zero-order valence-electron chi connectivity index (χ0n) is 10.2. The number of nitrogens with zero attached hydrogens (tertiary/aromatic N) is 2. The van der Waals surface area contributed by atoms with Crippen molar-refractivity contribution in [2.75, 3.05) is 13.2 Å². The molecule has 0 radical (unpaired) electrons. The van der Waals surface area contributed by atoms with E-state index in [-0.39, 0.29) is 12.5 Å². The van der Waals surface area contributed by atoms with Gasteiger partial charge in [0.1, 0.15) is 5.69 Å². The molecule has 0 saturated heterocycles. The average molecular weight is 269 g/mol. The number of aliphatic hydroxyl groups excluding tert-OH is 1. The van der Waals surface area contributed by atoms with Crippen LogP contribution in [0.3, 0.4) is 0 Å². The predicted molar refractivity (Wildman–Crippen MR) is 69.6 cm³/mol. The molecule has 0 atom stereocenters. The molecule has 1 amide bonds. The van der Waals surface area contributed by atoms with Crippen LogP contribution in [0.1, 0.15) is 36.2 Å². The van der Waals surface area contributed by atoms with Gasteiger partial charge in [0.05, 0.1) is 5.02 Å². The first-order chi connectivity index (χ1) is 8.72. The molecule has 1 aliphatic rings. The highest BCUT2D eigenvalue weighted by Crippen LogP contribution is 2.26. The van der Waals surface area contributed by atoms with Crippen molar-refractivity contribution < 1.29 is 9.90 Å². The van der Waals surface area contributed by atoms with E-state index >= 15 is 0 Å². The summed E-state index contributed by atoms with van der Waals surface area (Å²) in [6.45, 7) is 0.689. The van der Waals surface area contributed by atoms with Crippen molar-refractivity contribution in [3.8, 4) is 0 Å². The number of aromatic nitrogens is 1. The van der Waals surface area contributed by atoms with Crippen molar-refractivity contribution in [2.24, 2.45) is 0 Å². The highest BCUT2D eigenvalue weighted by Gasteiger charge is 2.29. The number of hydrogen-bond acceptors (Lipinski definition) is 3. The van der Waals surface area contributed by atoms with Crippen LogP contribution in [0, 0.1) is 0 Å². The minimum atomic E-state index is -0.0650. The van der Waals surface area contributed by atoms with Gasteiger partial charge in [-0.1, -0.05) is 11.6 Å². The Balaban J connectivity index is 2.08. The monoisotopic (exact) mass is 268 g/mol.